The maximum Gasteiger partial charge on any atom is 0.358 e. The fourth-order valence-corrected chi connectivity index (χ4v) is 3.16. The SMILES string of the molecule is CCOC(=O)c1cc(C2CC(SC)=CC=N2)n(-c2ccc(OC)nc2)n1. The summed E-state index contributed by atoms with van der Waals surface area (Å²) in [6, 6.07) is 5.21. The Balaban J connectivity index is 2.01. The Hall–Kier alpha value is -2.61. The predicted molar refractivity (Wildman–Crippen MR) is 101 cm³/mol. The molecule has 26 heavy (non-hydrogen) atoms. The van der Waals surface area contributed by atoms with Crippen LogP contribution in [-0.4, -0.2) is 46.9 Å². The van der Waals surface area contributed by atoms with E-state index in [1.54, 1.807) is 55.0 Å². The number of aromatic nitrogens is 3. The van der Waals surface area contributed by atoms with Crippen molar-refractivity contribution in [1.29, 1.82) is 0 Å². The van der Waals surface area contributed by atoms with Gasteiger partial charge in [0.1, 0.15) is 0 Å². The van der Waals surface area contributed by atoms with E-state index in [-0.39, 0.29) is 11.7 Å². The summed E-state index contributed by atoms with van der Waals surface area (Å²) >= 11 is 1.69. The van der Waals surface area contributed by atoms with Gasteiger partial charge < -0.3 is 9.47 Å². The van der Waals surface area contributed by atoms with Gasteiger partial charge in [-0.2, -0.15) is 5.10 Å². The highest BCUT2D eigenvalue weighted by molar-refractivity contribution is 8.02. The van der Waals surface area contributed by atoms with E-state index in [0.717, 1.165) is 17.8 Å². The van der Waals surface area contributed by atoms with Gasteiger partial charge in [-0.1, -0.05) is 0 Å². The van der Waals surface area contributed by atoms with Crippen molar-refractivity contribution in [2.45, 2.75) is 19.4 Å². The van der Waals surface area contributed by atoms with Crippen LogP contribution in [0.4, 0.5) is 0 Å². The number of rotatable bonds is 6. The van der Waals surface area contributed by atoms with Crippen LogP contribution < -0.4 is 4.74 Å². The first-order valence-electron chi connectivity index (χ1n) is 8.20. The molecule has 0 saturated heterocycles. The standard InChI is InChI=1S/C18H20N4O3S/c1-4-25-18(23)15-10-16(14-9-13(26-3)7-8-19-14)22(21-15)12-5-6-17(24-2)20-11-12/h5-8,10-11,14H,4,9H2,1-3H3. The summed E-state index contributed by atoms with van der Waals surface area (Å²) in [6.45, 7) is 2.07. The highest BCUT2D eigenvalue weighted by atomic mass is 32.2. The number of carbonyl (C=O) groups excluding carboxylic acids is 1. The van der Waals surface area contributed by atoms with Crippen LogP contribution in [-0.2, 0) is 4.74 Å². The molecule has 0 aliphatic carbocycles. The lowest BCUT2D eigenvalue weighted by atomic mass is 10.1. The third kappa shape index (κ3) is 3.80. The third-order valence-corrected chi connectivity index (χ3v) is 4.75. The van der Waals surface area contributed by atoms with E-state index in [1.165, 1.54) is 4.91 Å². The van der Waals surface area contributed by atoms with E-state index in [0.29, 0.717) is 12.5 Å². The summed E-state index contributed by atoms with van der Waals surface area (Å²) in [4.78, 5) is 22.2. The fraction of sp³-hybridized carbons (Fsp3) is 0.333. The average Bonchev–Trinajstić information content (AvgIpc) is 3.14. The van der Waals surface area contributed by atoms with Crippen molar-refractivity contribution in [2.24, 2.45) is 4.99 Å². The number of methoxy groups -OCH3 is 1. The van der Waals surface area contributed by atoms with Gasteiger partial charge >= 0.3 is 5.97 Å². The maximum absolute atomic E-state index is 12.2. The highest BCUT2D eigenvalue weighted by Crippen LogP contribution is 2.33. The summed E-state index contributed by atoms with van der Waals surface area (Å²) in [6.07, 6.45) is 8.25. The van der Waals surface area contributed by atoms with E-state index in [4.69, 9.17) is 9.47 Å². The van der Waals surface area contributed by atoms with E-state index in [2.05, 4.69) is 15.1 Å². The molecule has 0 aromatic carbocycles. The second kappa shape index (κ2) is 8.18. The first-order valence-corrected chi connectivity index (χ1v) is 9.42. The molecule has 0 bridgehead atoms. The Kier molecular flexibility index (Phi) is 5.72. The highest BCUT2D eigenvalue weighted by Gasteiger charge is 2.24. The van der Waals surface area contributed by atoms with E-state index < -0.39 is 5.97 Å². The zero-order valence-corrected chi connectivity index (χ0v) is 15.7. The summed E-state index contributed by atoms with van der Waals surface area (Å²) in [7, 11) is 1.56. The molecule has 1 aliphatic heterocycles. The smallest absolute Gasteiger partial charge is 0.358 e. The molecule has 3 heterocycles. The molecule has 0 radical (unpaired) electrons. The molecule has 1 atom stereocenters. The molecule has 1 aliphatic rings. The van der Waals surface area contributed by atoms with Crippen molar-refractivity contribution >= 4 is 23.9 Å². The van der Waals surface area contributed by atoms with Gasteiger partial charge in [-0.15, -0.1) is 11.8 Å². The minimum Gasteiger partial charge on any atom is -0.481 e. The Morgan fingerprint density at radius 1 is 1.42 bits per heavy atom. The number of carbonyl (C=O) groups is 1. The first-order chi connectivity index (χ1) is 12.7. The van der Waals surface area contributed by atoms with Crippen LogP contribution in [0, 0.1) is 0 Å². The molecule has 0 fully saturated rings. The van der Waals surface area contributed by atoms with Crippen LogP contribution in [0.5, 0.6) is 5.88 Å². The molecular weight excluding hydrogens is 352 g/mol. The average molecular weight is 372 g/mol. The van der Waals surface area contributed by atoms with Crippen LogP contribution in [0.3, 0.4) is 0 Å². The van der Waals surface area contributed by atoms with E-state index in [1.807, 2.05) is 18.4 Å². The third-order valence-electron chi connectivity index (χ3n) is 3.92. The van der Waals surface area contributed by atoms with Gasteiger partial charge in [-0.05, 0) is 36.3 Å². The van der Waals surface area contributed by atoms with Gasteiger partial charge in [0.15, 0.2) is 5.69 Å². The van der Waals surface area contributed by atoms with Gasteiger partial charge in [0.05, 0.1) is 37.3 Å². The monoisotopic (exact) mass is 372 g/mol. The topological polar surface area (TPSA) is 78.6 Å². The Bertz CT molecular complexity index is 843. The first kappa shape index (κ1) is 18.2. The molecule has 0 saturated carbocycles. The Morgan fingerprint density at radius 2 is 2.27 bits per heavy atom. The number of allylic oxidation sites excluding steroid dienone is 1. The van der Waals surface area contributed by atoms with Gasteiger partial charge in [-0.3, -0.25) is 4.99 Å². The molecule has 8 heteroatoms. The van der Waals surface area contributed by atoms with Gasteiger partial charge in [-0.25, -0.2) is 14.5 Å². The lowest BCUT2D eigenvalue weighted by molar-refractivity contribution is 0.0519. The van der Waals surface area contributed by atoms with Crippen molar-refractivity contribution in [3.63, 3.8) is 0 Å². The van der Waals surface area contributed by atoms with Crippen molar-refractivity contribution in [3.8, 4) is 11.6 Å². The second-order valence-electron chi connectivity index (χ2n) is 5.50. The van der Waals surface area contributed by atoms with Crippen molar-refractivity contribution in [2.75, 3.05) is 20.0 Å². The van der Waals surface area contributed by atoms with E-state index in [9.17, 15) is 4.79 Å². The van der Waals surface area contributed by atoms with Crippen molar-refractivity contribution in [3.05, 3.63) is 46.8 Å². The molecule has 7 nitrogen and oxygen atoms in total. The Labute approximate surface area is 156 Å². The van der Waals surface area contributed by atoms with Crippen molar-refractivity contribution in [1.82, 2.24) is 14.8 Å². The summed E-state index contributed by atoms with van der Waals surface area (Å²) in [5, 5.41) is 4.44. The number of nitrogens with zero attached hydrogens (tertiary/aromatic N) is 4. The number of dihydropyridines is 1. The molecule has 0 N–H and O–H groups in total. The lowest BCUT2D eigenvalue weighted by Gasteiger charge is -2.18. The van der Waals surface area contributed by atoms with Crippen molar-refractivity contribution < 1.29 is 14.3 Å². The molecule has 1 unspecified atom stereocenters. The zero-order chi connectivity index (χ0) is 18.5. The van der Waals surface area contributed by atoms with E-state index >= 15 is 0 Å². The molecule has 0 amide bonds. The van der Waals surface area contributed by atoms with Gasteiger partial charge in [0, 0.05) is 18.7 Å². The number of pyridine rings is 1. The van der Waals surface area contributed by atoms with Crippen LogP contribution in [0.15, 0.2) is 40.4 Å². The summed E-state index contributed by atoms with van der Waals surface area (Å²) < 4.78 is 11.9. The van der Waals surface area contributed by atoms with Crippen LogP contribution in [0.1, 0.15) is 35.6 Å². The minimum atomic E-state index is -0.450. The number of ether oxygens (including phenoxy) is 2. The number of hydrogen-bond acceptors (Lipinski definition) is 7. The number of esters is 1. The summed E-state index contributed by atoms with van der Waals surface area (Å²) in [5.74, 6) is 0.0609. The van der Waals surface area contributed by atoms with Gasteiger partial charge in [0.25, 0.3) is 0 Å². The minimum absolute atomic E-state index is 0.125. The Morgan fingerprint density at radius 3 is 2.92 bits per heavy atom. The number of aliphatic imine (C=N–C) groups is 1. The number of thioether (sulfide) groups is 1. The molecule has 136 valence electrons. The van der Waals surface area contributed by atoms with Crippen LogP contribution in [0.25, 0.3) is 5.69 Å². The molecule has 2 aromatic heterocycles. The quantitative estimate of drug-likeness (QED) is 0.725. The number of hydrogen-bond donors (Lipinski definition) is 0. The van der Waals surface area contributed by atoms with Crippen LogP contribution >= 0.6 is 11.8 Å². The van der Waals surface area contributed by atoms with Gasteiger partial charge in [0.2, 0.25) is 5.88 Å². The molecular formula is C18H20N4O3S. The summed E-state index contributed by atoms with van der Waals surface area (Å²) in [5.41, 5.74) is 1.80. The zero-order valence-electron chi connectivity index (χ0n) is 14.9. The second-order valence-corrected chi connectivity index (χ2v) is 6.43. The maximum atomic E-state index is 12.2. The lowest BCUT2D eigenvalue weighted by Crippen LogP contribution is -2.10. The molecule has 2 aromatic rings. The molecule has 3 rings (SSSR count). The predicted octanol–water partition coefficient (Wildman–Crippen LogP) is 3.22. The van der Waals surface area contributed by atoms with Crippen LogP contribution in [0.2, 0.25) is 0 Å². The normalized spacial score (nSPS) is 16.3. The molecule has 0 spiro atoms. The fourth-order valence-electron chi connectivity index (χ4n) is 2.64. The largest absolute Gasteiger partial charge is 0.481 e.